The van der Waals surface area contributed by atoms with Crippen molar-refractivity contribution in [3.05, 3.63) is 24.3 Å². The predicted molar refractivity (Wildman–Crippen MR) is 184 cm³/mol. The molecular weight excluding hydrogens is 638 g/mol. The Labute approximate surface area is 294 Å². The molecule has 13 nitrogen and oxygen atoms in total. The van der Waals surface area contributed by atoms with Crippen LogP contribution in [0.4, 0.5) is 0 Å². The first-order valence-electron chi connectivity index (χ1n) is 17.9. The predicted octanol–water partition coefficient (Wildman–Crippen LogP) is 1.92. The molecule has 0 aromatic carbocycles. The van der Waals surface area contributed by atoms with Crippen molar-refractivity contribution in [1.82, 2.24) is 36.1 Å². The number of fused-ring (bicyclic) bond motifs is 1. The summed E-state index contributed by atoms with van der Waals surface area (Å²) in [5, 5.41) is 11.3. The smallest absolute Gasteiger partial charge is 0.289 e. The summed E-state index contributed by atoms with van der Waals surface area (Å²) in [6.45, 7) is 9.92. The normalized spacial score (nSPS) is 24.4. The molecule has 0 unspecified atom stereocenters. The summed E-state index contributed by atoms with van der Waals surface area (Å²) in [6, 6.07) is -4.02. The highest BCUT2D eigenvalue weighted by molar-refractivity contribution is 6.38. The van der Waals surface area contributed by atoms with E-state index in [0.717, 1.165) is 44.9 Å². The lowest BCUT2D eigenvalue weighted by Crippen LogP contribution is -2.63. The van der Waals surface area contributed by atoms with Crippen molar-refractivity contribution >= 4 is 35.3 Å². The van der Waals surface area contributed by atoms with Crippen LogP contribution in [0.1, 0.15) is 103 Å². The molecule has 2 heterocycles. The van der Waals surface area contributed by atoms with Gasteiger partial charge in [0.15, 0.2) is 0 Å². The van der Waals surface area contributed by atoms with Gasteiger partial charge in [-0.15, -0.1) is 12.3 Å². The lowest BCUT2D eigenvalue weighted by molar-refractivity contribution is -0.147. The van der Waals surface area contributed by atoms with E-state index in [2.05, 4.69) is 37.2 Å². The molecule has 13 heteroatoms. The van der Waals surface area contributed by atoms with E-state index >= 15 is 0 Å². The zero-order valence-electron chi connectivity index (χ0n) is 29.8. The number of nitrogens with zero attached hydrogens (tertiary/aromatic N) is 3. The first-order valence-corrected chi connectivity index (χ1v) is 17.9. The zero-order chi connectivity index (χ0) is 36.4. The Morgan fingerprint density at radius 2 is 1.70 bits per heavy atom. The maximum atomic E-state index is 14.6. The number of Topliss-reactive ketones (excluding diaryl/α,β-unsaturated/α-hetero) is 1. The molecule has 1 aliphatic heterocycles. The molecule has 4 N–H and O–H groups in total. The highest BCUT2D eigenvalue weighted by Crippen LogP contribution is 2.65. The van der Waals surface area contributed by atoms with Gasteiger partial charge in [0, 0.05) is 31.4 Å². The van der Waals surface area contributed by atoms with Crippen LogP contribution in [0.5, 0.6) is 0 Å². The summed E-state index contributed by atoms with van der Waals surface area (Å²) in [4.78, 5) is 91.4. The third-order valence-corrected chi connectivity index (χ3v) is 11.0. The van der Waals surface area contributed by atoms with E-state index in [1.807, 2.05) is 34.6 Å². The van der Waals surface area contributed by atoms with E-state index in [9.17, 15) is 28.8 Å². The van der Waals surface area contributed by atoms with Crippen molar-refractivity contribution in [2.75, 3.05) is 6.54 Å². The number of aromatic nitrogens is 2. The lowest BCUT2D eigenvalue weighted by Gasteiger charge is -2.39. The monoisotopic (exact) mass is 689 g/mol. The second-order valence-electron chi connectivity index (χ2n) is 16.1. The fourth-order valence-electron chi connectivity index (χ4n) is 7.75. The summed E-state index contributed by atoms with van der Waals surface area (Å²) in [6.07, 6.45) is 15.9. The second-order valence-corrected chi connectivity index (χ2v) is 16.1. The molecular formula is C37H51N7O6. The summed E-state index contributed by atoms with van der Waals surface area (Å²) < 4.78 is 0. The van der Waals surface area contributed by atoms with Gasteiger partial charge in [0.1, 0.15) is 23.8 Å². The van der Waals surface area contributed by atoms with Gasteiger partial charge in [-0.05, 0) is 60.7 Å². The number of nitrogens with one attached hydrogen (secondary N) is 4. The second kappa shape index (κ2) is 14.9. The maximum Gasteiger partial charge on any atom is 0.289 e. The van der Waals surface area contributed by atoms with Crippen LogP contribution in [0.25, 0.3) is 0 Å². The lowest BCUT2D eigenvalue weighted by atomic mass is 9.82. The minimum absolute atomic E-state index is 0.0333. The molecule has 0 radical (unpaired) electrons. The molecule has 3 aliphatic carbocycles. The van der Waals surface area contributed by atoms with Crippen LogP contribution < -0.4 is 21.3 Å². The largest absolute Gasteiger partial charge is 0.347 e. The van der Waals surface area contributed by atoms with Crippen LogP contribution in [0.15, 0.2) is 18.6 Å². The number of likely N-dealkylation sites (tertiary alicyclic amines) is 1. The molecule has 6 atom stereocenters. The molecule has 1 saturated heterocycles. The quantitative estimate of drug-likeness (QED) is 0.179. The minimum atomic E-state index is -1.14. The van der Waals surface area contributed by atoms with E-state index in [-0.39, 0.29) is 47.7 Å². The summed E-state index contributed by atoms with van der Waals surface area (Å²) in [5.74, 6) is -1.26. The Bertz CT molecular complexity index is 1520. The standard InChI is InChI=1S/C37H51N7O6/c1-7-8-14-24(29(45)34(49)40-22-15-16-22)41-33(48)28-26-23(37(26,5)6)20-44(28)35(50)30(36(2,3)4)43-32(47)27(21-12-10-9-11-13-21)42-31(46)25-19-38-17-18-39-25/h1,17-19,21-24,26-28,30H,8-16,20H2,2-6H3,(H,40,49)(H,41,48)(H,42,46)(H,43,47)/t23-,24-,26-,27-,28-,30+/m0/s1. The Morgan fingerprint density at radius 3 is 2.30 bits per heavy atom. The summed E-state index contributed by atoms with van der Waals surface area (Å²) in [7, 11) is 0. The average molecular weight is 690 g/mol. The average Bonchev–Trinajstić information content (AvgIpc) is 3.94. The fraction of sp³-hybridized carbons (Fsp3) is 0.676. The van der Waals surface area contributed by atoms with Gasteiger partial charge >= 0.3 is 0 Å². The number of hydrogen-bond donors (Lipinski definition) is 4. The molecule has 1 aromatic rings. The number of carbonyl (C=O) groups excluding carboxylic acids is 6. The van der Waals surface area contributed by atoms with Crippen molar-refractivity contribution in [3.63, 3.8) is 0 Å². The number of piperidine rings is 1. The van der Waals surface area contributed by atoms with E-state index in [1.165, 1.54) is 23.5 Å². The van der Waals surface area contributed by atoms with Crippen LogP contribution in [-0.2, 0) is 24.0 Å². The number of amides is 5. The Morgan fingerprint density at radius 1 is 1.00 bits per heavy atom. The van der Waals surface area contributed by atoms with Crippen molar-refractivity contribution in [3.8, 4) is 12.3 Å². The van der Waals surface area contributed by atoms with Gasteiger partial charge in [-0.2, -0.15) is 0 Å². The first-order chi connectivity index (χ1) is 23.6. The third kappa shape index (κ3) is 8.16. The molecule has 5 amide bonds. The summed E-state index contributed by atoms with van der Waals surface area (Å²) >= 11 is 0. The molecule has 1 aromatic heterocycles. The van der Waals surface area contributed by atoms with E-state index in [1.54, 1.807) is 0 Å². The van der Waals surface area contributed by atoms with Gasteiger partial charge in [0.2, 0.25) is 23.5 Å². The number of terminal acetylenes is 1. The van der Waals surface area contributed by atoms with Gasteiger partial charge in [-0.3, -0.25) is 33.8 Å². The van der Waals surface area contributed by atoms with Gasteiger partial charge in [0.25, 0.3) is 11.8 Å². The molecule has 5 rings (SSSR count). The molecule has 0 spiro atoms. The van der Waals surface area contributed by atoms with Gasteiger partial charge < -0.3 is 26.2 Å². The molecule has 270 valence electrons. The number of rotatable bonds is 13. The Hall–Kier alpha value is -4.34. The van der Waals surface area contributed by atoms with E-state index in [4.69, 9.17) is 6.42 Å². The molecule has 3 saturated carbocycles. The van der Waals surface area contributed by atoms with E-state index in [0.29, 0.717) is 6.54 Å². The third-order valence-electron chi connectivity index (χ3n) is 11.0. The highest BCUT2D eigenvalue weighted by Gasteiger charge is 2.70. The topological polar surface area (TPSA) is 180 Å². The van der Waals surface area contributed by atoms with Gasteiger partial charge in [-0.25, -0.2) is 4.98 Å². The van der Waals surface area contributed by atoms with Gasteiger partial charge in [0.05, 0.1) is 12.2 Å². The first kappa shape index (κ1) is 36.9. The van der Waals surface area contributed by atoms with Crippen molar-refractivity contribution in [2.45, 2.75) is 123 Å². The molecule has 0 bridgehead atoms. The minimum Gasteiger partial charge on any atom is -0.347 e. The molecule has 4 fully saturated rings. The Kier molecular flexibility index (Phi) is 11.0. The number of ketones is 1. The van der Waals surface area contributed by atoms with Crippen LogP contribution in [0.3, 0.4) is 0 Å². The van der Waals surface area contributed by atoms with Crippen molar-refractivity contribution in [2.24, 2.45) is 28.6 Å². The van der Waals surface area contributed by atoms with Gasteiger partial charge in [-0.1, -0.05) is 53.9 Å². The molecule has 50 heavy (non-hydrogen) atoms. The fourth-order valence-corrected chi connectivity index (χ4v) is 7.75. The summed E-state index contributed by atoms with van der Waals surface area (Å²) in [5.41, 5.74) is -0.910. The SMILES string of the molecule is C#CCC[C@H](NC(=O)[C@@H]1[C@@H]2[C@H](CN1C(=O)[C@@H](NC(=O)[C@@H](NC(=O)c1cnccn1)C1CCCCC1)C(C)(C)C)C2(C)C)C(=O)C(=O)NC1CC1. The number of carbonyl (C=O) groups is 6. The number of hydrogen-bond acceptors (Lipinski definition) is 8. The zero-order valence-corrected chi connectivity index (χ0v) is 29.8. The van der Waals surface area contributed by atoms with Crippen molar-refractivity contribution in [1.29, 1.82) is 0 Å². The van der Waals surface area contributed by atoms with Crippen LogP contribution in [0.2, 0.25) is 0 Å². The maximum absolute atomic E-state index is 14.6. The molecule has 4 aliphatic rings. The Balaban J connectivity index is 1.36. The highest BCUT2D eigenvalue weighted by atomic mass is 16.2. The van der Waals surface area contributed by atoms with E-state index < -0.39 is 64.9 Å². The van der Waals surface area contributed by atoms with Crippen molar-refractivity contribution < 1.29 is 28.8 Å². The van der Waals surface area contributed by atoms with Crippen LogP contribution >= 0.6 is 0 Å². The van der Waals surface area contributed by atoms with Crippen LogP contribution in [-0.4, -0.2) is 86.9 Å². The van der Waals surface area contributed by atoms with Crippen LogP contribution in [0, 0.1) is 40.9 Å².